The predicted octanol–water partition coefficient (Wildman–Crippen LogP) is 7.54. The molecule has 0 aromatic heterocycles. The molecule has 39 heavy (non-hydrogen) atoms. The second-order valence-electron chi connectivity index (χ2n) is 9.12. The molecule has 0 saturated carbocycles. The van der Waals surface area contributed by atoms with Gasteiger partial charge in [0.05, 0.1) is 13.2 Å². The molecule has 1 atom stereocenters. The first-order chi connectivity index (χ1) is 19.0. The van der Waals surface area contributed by atoms with Crippen molar-refractivity contribution in [2.24, 2.45) is 0 Å². The van der Waals surface area contributed by atoms with Crippen molar-refractivity contribution in [2.45, 2.75) is 31.2 Å². The van der Waals surface area contributed by atoms with Gasteiger partial charge in [-0.05, 0) is 65.5 Å². The lowest BCUT2D eigenvalue weighted by Crippen LogP contribution is -2.30. The third-order valence-electron chi connectivity index (χ3n) is 6.29. The highest BCUT2D eigenvalue weighted by Crippen LogP contribution is 2.43. The Bertz CT molecular complexity index is 1500. The first-order valence-corrected chi connectivity index (χ1v) is 13.7. The summed E-state index contributed by atoms with van der Waals surface area (Å²) in [5, 5.41) is 1.01. The molecule has 200 valence electrons. The van der Waals surface area contributed by atoms with Gasteiger partial charge in [-0.15, -0.1) is 0 Å². The monoisotopic (exact) mass is 545 g/mol. The zero-order valence-corrected chi connectivity index (χ0v) is 22.3. The fraction of sp³-hybridized carbons (Fsp3) is 0.226. The molecule has 0 bridgehead atoms. The number of thioether (sulfide) groups is 1. The lowest BCUT2D eigenvalue weighted by Gasteiger charge is -2.16. The molecule has 1 fully saturated rings. The topological polar surface area (TPSA) is 73.9 Å². The van der Waals surface area contributed by atoms with E-state index in [1.165, 1.54) is 12.1 Å². The van der Waals surface area contributed by atoms with E-state index in [4.69, 9.17) is 14.2 Å². The number of carbonyl (C=O) groups is 2. The summed E-state index contributed by atoms with van der Waals surface area (Å²) in [6.07, 6.45) is 2.41. The number of ether oxygens (including phenoxy) is 3. The van der Waals surface area contributed by atoms with Gasteiger partial charge in [0.1, 0.15) is 23.0 Å². The van der Waals surface area contributed by atoms with E-state index >= 15 is 4.39 Å². The van der Waals surface area contributed by atoms with Gasteiger partial charge in [-0.1, -0.05) is 61.9 Å². The molecule has 1 N–H and O–H groups in total. The van der Waals surface area contributed by atoms with E-state index in [2.05, 4.69) is 25.1 Å². The second kappa shape index (κ2) is 11.8. The Kier molecular flexibility index (Phi) is 8.02. The van der Waals surface area contributed by atoms with Gasteiger partial charge in [-0.2, -0.15) is 0 Å². The second-order valence-corrected chi connectivity index (χ2v) is 10.3. The van der Waals surface area contributed by atoms with Crippen LogP contribution in [0.5, 0.6) is 23.0 Å². The molecule has 1 heterocycles. The van der Waals surface area contributed by atoms with Gasteiger partial charge in [0.15, 0.2) is 0 Å². The molecule has 2 amide bonds. The molecular weight excluding hydrogens is 517 g/mol. The number of nitrogens with one attached hydrogen (secondary N) is 1. The lowest BCUT2D eigenvalue weighted by atomic mass is 10.1. The van der Waals surface area contributed by atoms with Gasteiger partial charge in [-0.25, -0.2) is 4.39 Å². The predicted molar refractivity (Wildman–Crippen MR) is 150 cm³/mol. The lowest BCUT2D eigenvalue weighted by molar-refractivity contribution is -0.126. The number of benzene rings is 4. The Labute approximate surface area is 230 Å². The minimum atomic E-state index is -2.45. The number of amides is 2. The van der Waals surface area contributed by atoms with Gasteiger partial charge < -0.3 is 14.2 Å². The number of carbonyl (C=O) groups excluding carboxylic acids is 2. The van der Waals surface area contributed by atoms with Gasteiger partial charge in [-0.3, -0.25) is 14.9 Å². The molecule has 0 spiro atoms. The molecule has 1 saturated heterocycles. The standard InChI is InChI=1S/C31H28FNO5S/c1-2-8-22-19-25(38-28-14-5-10-21-9-3-4-13-26(21)28)15-16-27(22)37-18-7-17-36-24-12-6-11-23(20-24)31(32)29(34)33-30(35)39-31/h3-6,9-16,19-20H,2,7-8,17-18H2,1H3,(H,33,34,35). The Morgan fingerprint density at radius 2 is 1.64 bits per heavy atom. The molecule has 5 rings (SSSR count). The number of hydrogen-bond donors (Lipinski definition) is 1. The number of halogens is 1. The zero-order chi connectivity index (χ0) is 27.2. The summed E-state index contributed by atoms with van der Waals surface area (Å²) < 4.78 is 33.1. The molecule has 8 heteroatoms. The van der Waals surface area contributed by atoms with E-state index in [1.807, 2.05) is 47.8 Å². The number of alkyl halides is 1. The van der Waals surface area contributed by atoms with Gasteiger partial charge in [0.2, 0.25) is 0 Å². The van der Waals surface area contributed by atoms with Crippen LogP contribution in [0.25, 0.3) is 10.8 Å². The zero-order valence-electron chi connectivity index (χ0n) is 21.4. The van der Waals surface area contributed by atoms with E-state index in [0.29, 0.717) is 37.1 Å². The maximum atomic E-state index is 15.1. The summed E-state index contributed by atoms with van der Waals surface area (Å²) in [4.78, 5) is 23.3. The van der Waals surface area contributed by atoms with Crippen molar-refractivity contribution in [2.75, 3.05) is 13.2 Å². The minimum absolute atomic E-state index is 0.0691. The molecule has 1 aliphatic rings. The molecule has 0 radical (unpaired) electrons. The van der Waals surface area contributed by atoms with E-state index in [-0.39, 0.29) is 5.56 Å². The molecule has 1 unspecified atom stereocenters. The van der Waals surface area contributed by atoms with Crippen molar-refractivity contribution < 1.29 is 28.2 Å². The van der Waals surface area contributed by atoms with Crippen LogP contribution in [0, 0.1) is 0 Å². The molecule has 1 aliphatic heterocycles. The van der Waals surface area contributed by atoms with Crippen LogP contribution in [-0.2, 0) is 16.2 Å². The maximum absolute atomic E-state index is 15.1. The van der Waals surface area contributed by atoms with Crippen LogP contribution in [0.3, 0.4) is 0 Å². The van der Waals surface area contributed by atoms with Crippen molar-refractivity contribution in [1.82, 2.24) is 5.32 Å². The smallest absolute Gasteiger partial charge is 0.289 e. The highest BCUT2D eigenvalue weighted by atomic mass is 32.2. The summed E-state index contributed by atoms with van der Waals surface area (Å²) >= 11 is 0.323. The van der Waals surface area contributed by atoms with Gasteiger partial charge in [0.25, 0.3) is 16.1 Å². The van der Waals surface area contributed by atoms with Crippen LogP contribution in [0.4, 0.5) is 9.18 Å². The number of imide groups is 1. The Morgan fingerprint density at radius 3 is 2.46 bits per heavy atom. The molecule has 4 aromatic carbocycles. The highest BCUT2D eigenvalue weighted by molar-refractivity contribution is 8.15. The Hall–Kier alpha value is -4.04. The largest absolute Gasteiger partial charge is 0.493 e. The van der Waals surface area contributed by atoms with E-state index in [1.54, 1.807) is 12.1 Å². The third kappa shape index (κ3) is 6.01. The van der Waals surface area contributed by atoms with Crippen LogP contribution in [0.2, 0.25) is 0 Å². The van der Waals surface area contributed by atoms with E-state index in [9.17, 15) is 9.59 Å². The molecular formula is C31H28FNO5S. The first kappa shape index (κ1) is 26.6. The van der Waals surface area contributed by atoms with E-state index in [0.717, 1.165) is 46.4 Å². The quantitative estimate of drug-likeness (QED) is 0.196. The minimum Gasteiger partial charge on any atom is -0.493 e. The van der Waals surface area contributed by atoms with Crippen molar-refractivity contribution in [1.29, 1.82) is 0 Å². The summed E-state index contributed by atoms with van der Waals surface area (Å²) in [5.74, 6) is 1.81. The number of hydrogen-bond acceptors (Lipinski definition) is 6. The van der Waals surface area contributed by atoms with Crippen LogP contribution < -0.4 is 19.5 Å². The van der Waals surface area contributed by atoms with Crippen LogP contribution in [0.1, 0.15) is 30.9 Å². The Morgan fingerprint density at radius 1 is 0.846 bits per heavy atom. The summed E-state index contributed by atoms with van der Waals surface area (Å²) in [5.41, 5.74) is 1.14. The average Bonchev–Trinajstić information content (AvgIpc) is 3.21. The van der Waals surface area contributed by atoms with Crippen molar-refractivity contribution in [3.63, 3.8) is 0 Å². The summed E-state index contributed by atoms with van der Waals surface area (Å²) in [7, 11) is 0. The van der Waals surface area contributed by atoms with Crippen molar-refractivity contribution in [3.05, 3.63) is 96.1 Å². The van der Waals surface area contributed by atoms with Crippen LogP contribution in [0.15, 0.2) is 84.9 Å². The molecule has 0 aliphatic carbocycles. The molecule has 6 nitrogen and oxygen atoms in total. The van der Waals surface area contributed by atoms with Crippen molar-refractivity contribution in [3.8, 4) is 23.0 Å². The third-order valence-corrected chi connectivity index (χ3v) is 7.28. The van der Waals surface area contributed by atoms with Crippen molar-refractivity contribution >= 4 is 33.7 Å². The fourth-order valence-electron chi connectivity index (χ4n) is 4.42. The average molecular weight is 546 g/mol. The SMILES string of the molecule is CCCc1cc(Oc2cccc3ccccc23)ccc1OCCCOc1cccc(C2(F)SC(=O)NC2=O)c1. The number of aryl methyl sites for hydroxylation is 1. The van der Waals surface area contributed by atoms with E-state index < -0.39 is 16.1 Å². The number of rotatable bonds is 11. The summed E-state index contributed by atoms with van der Waals surface area (Å²) in [6.45, 7) is 2.89. The first-order valence-electron chi connectivity index (χ1n) is 12.8. The van der Waals surface area contributed by atoms with Gasteiger partial charge >= 0.3 is 0 Å². The normalized spacial score (nSPS) is 16.8. The maximum Gasteiger partial charge on any atom is 0.289 e. The fourth-order valence-corrected chi connectivity index (χ4v) is 5.20. The Balaban J connectivity index is 1.17. The number of fused-ring (bicyclic) bond motifs is 1. The highest BCUT2D eigenvalue weighted by Gasteiger charge is 2.50. The van der Waals surface area contributed by atoms with Crippen LogP contribution in [-0.4, -0.2) is 24.4 Å². The summed E-state index contributed by atoms with van der Waals surface area (Å²) in [6, 6.07) is 26.2. The van der Waals surface area contributed by atoms with Gasteiger partial charge in [0, 0.05) is 17.4 Å². The molecule has 4 aromatic rings. The van der Waals surface area contributed by atoms with Crippen LogP contribution >= 0.6 is 11.8 Å².